The van der Waals surface area contributed by atoms with E-state index in [2.05, 4.69) is 10.2 Å². The Bertz CT molecular complexity index is 469. The van der Waals surface area contributed by atoms with Crippen LogP contribution in [-0.4, -0.2) is 36.5 Å². The third-order valence-corrected chi connectivity index (χ3v) is 3.30. The number of carbonyl (C=O) groups is 1. The van der Waals surface area contributed by atoms with Gasteiger partial charge in [-0.25, -0.2) is 0 Å². The van der Waals surface area contributed by atoms with Crippen LogP contribution in [-0.2, 0) is 11.3 Å². The number of primary amides is 1. The monoisotopic (exact) mass is 262 g/mol. The molecule has 0 aliphatic carbocycles. The Morgan fingerprint density at radius 3 is 2.84 bits per heavy atom. The van der Waals surface area contributed by atoms with Crippen LogP contribution in [0.15, 0.2) is 16.5 Å². The Kier molecular flexibility index (Phi) is 4.55. The van der Waals surface area contributed by atoms with Crippen molar-refractivity contribution in [1.82, 2.24) is 10.2 Å². The van der Waals surface area contributed by atoms with Crippen LogP contribution in [0.4, 0.5) is 0 Å². The second kappa shape index (κ2) is 6.36. The molecule has 2 heterocycles. The highest BCUT2D eigenvalue weighted by Gasteiger charge is 2.19. The molecule has 2 rings (SSSR count). The van der Waals surface area contributed by atoms with Crippen molar-refractivity contribution in [2.45, 2.75) is 25.4 Å². The molecule has 6 heteroatoms. The topological polar surface area (TPSA) is 95.3 Å². The average molecular weight is 262 g/mol. The molecule has 1 aromatic heterocycles. The number of nitrogens with two attached hydrogens (primary N) is 1. The fourth-order valence-corrected chi connectivity index (χ4v) is 2.29. The van der Waals surface area contributed by atoms with Crippen molar-refractivity contribution >= 4 is 5.91 Å². The molecule has 6 nitrogen and oxygen atoms in total. The lowest BCUT2D eigenvalue weighted by Gasteiger charge is -2.31. The minimum atomic E-state index is -0.272. The van der Waals surface area contributed by atoms with Gasteiger partial charge < -0.3 is 15.5 Å². The van der Waals surface area contributed by atoms with Gasteiger partial charge in [-0.05, 0) is 25.0 Å². The van der Waals surface area contributed by atoms with Gasteiger partial charge in [-0.2, -0.15) is 5.26 Å². The largest absolute Gasteiger partial charge is 0.449 e. The lowest BCUT2D eigenvalue weighted by Crippen LogP contribution is -2.45. The summed E-state index contributed by atoms with van der Waals surface area (Å²) in [4.78, 5) is 12.9. The van der Waals surface area contributed by atoms with Crippen molar-refractivity contribution in [1.29, 1.82) is 5.26 Å². The highest BCUT2D eigenvalue weighted by Crippen LogP contribution is 2.12. The van der Waals surface area contributed by atoms with Crippen LogP contribution in [0.25, 0.3) is 0 Å². The van der Waals surface area contributed by atoms with Gasteiger partial charge in [-0.3, -0.25) is 9.69 Å². The SMILES string of the molecule is N#Cc1ccc(CNC2CCN(CC(N)=O)CC2)o1. The quantitative estimate of drug-likeness (QED) is 0.789. The van der Waals surface area contributed by atoms with Crippen LogP contribution in [0.5, 0.6) is 0 Å². The molecule has 0 saturated carbocycles. The molecule has 0 radical (unpaired) electrons. The number of likely N-dealkylation sites (tertiary alicyclic amines) is 1. The number of amides is 1. The van der Waals surface area contributed by atoms with E-state index in [4.69, 9.17) is 15.4 Å². The summed E-state index contributed by atoms with van der Waals surface area (Å²) in [5.41, 5.74) is 5.17. The third-order valence-electron chi connectivity index (χ3n) is 3.30. The minimum Gasteiger partial charge on any atom is -0.449 e. The fourth-order valence-electron chi connectivity index (χ4n) is 2.29. The highest BCUT2D eigenvalue weighted by molar-refractivity contribution is 5.75. The van der Waals surface area contributed by atoms with Crippen LogP contribution >= 0.6 is 0 Å². The van der Waals surface area contributed by atoms with Gasteiger partial charge >= 0.3 is 0 Å². The molecular formula is C13H18N4O2. The first kappa shape index (κ1) is 13.6. The van der Waals surface area contributed by atoms with E-state index in [-0.39, 0.29) is 5.91 Å². The molecule has 0 bridgehead atoms. The summed E-state index contributed by atoms with van der Waals surface area (Å²) in [7, 11) is 0. The Balaban J connectivity index is 1.71. The number of carbonyl (C=O) groups excluding carboxylic acids is 1. The van der Waals surface area contributed by atoms with E-state index in [1.807, 2.05) is 12.1 Å². The molecule has 1 saturated heterocycles. The Labute approximate surface area is 112 Å². The minimum absolute atomic E-state index is 0.272. The van der Waals surface area contributed by atoms with E-state index in [0.717, 1.165) is 31.7 Å². The zero-order valence-electron chi connectivity index (χ0n) is 10.8. The van der Waals surface area contributed by atoms with Gasteiger partial charge in [0.15, 0.2) is 0 Å². The van der Waals surface area contributed by atoms with Crippen LogP contribution in [0.1, 0.15) is 24.4 Å². The lowest BCUT2D eigenvalue weighted by atomic mass is 10.1. The summed E-state index contributed by atoms with van der Waals surface area (Å²) in [6.07, 6.45) is 1.97. The third kappa shape index (κ3) is 4.09. The van der Waals surface area contributed by atoms with Crippen molar-refractivity contribution in [3.63, 3.8) is 0 Å². The zero-order valence-corrected chi connectivity index (χ0v) is 10.8. The summed E-state index contributed by atoms with van der Waals surface area (Å²) < 4.78 is 5.30. The Morgan fingerprint density at radius 1 is 1.53 bits per heavy atom. The number of rotatable bonds is 5. The van der Waals surface area contributed by atoms with E-state index in [1.54, 1.807) is 6.07 Å². The number of hydrogen-bond donors (Lipinski definition) is 2. The number of furan rings is 1. The summed E-state index contributed by atoms with van der Waals surface area (Å²) in [5, 5.41) is 12.1. The van der Waals surface area contributed by atoms with E-state index in [0.29, 0.717) is 24.9 Å². The average Bonchev–Trinajstić information content (AvgIpc) is 2.85. The summed E-state index contributed by atoms with van der Waals surface area (Å²) in [5.74, 6) is 0.843. The molecule has 1 fully saturated rings. The molecule has 0 spiro atoms. The molecule has 0 unspecified atom stereocenters. The van der Waals surface area contributed by atoms with Crippen LogP contribution in [0.3, 0.4) is 0 Å². The van der Waals surface area contributed by atoms with Crippen molar-refractivity contribution in [3.8, 4) is 6.07 Å². The summed E-state index contributed by atoms with van der Waals surface area (Å²) in [6.45, 7) is 2.73. The first-order valence-corrected chi connectivity index (χ1v) is 6.40. The van der Waals surface area contributed by atoms with Gasteiger partial charge in [0.2, 0.25) is 11.7 Å². The van der Waals surface area contributed by atoms with Gasteiger partial charge in [0, 0.05) is 19.1 Å². The molecule has 1 aliphatic heterocycles. The maximum Gasteiger partial charge on any atom is 0.231 e. The number of piperidine rings is 1. The second-order valence-corrected chi connectivity index (χ2v) is 4.78. The van der Waals surface area contributed by atoms with Crippen molar-refractivity contribution < 1.29 is 9.21 Å². The molecular weight excluding hydrogens is 244 g/mol. The van der Waals surface area contributed by atoms with Crippen molar-refractivity contribution in [2.24, 2.45) is 5.73 Å². The standard InChI is InChI=1S/C13H18N4O2/c14-7-11-1-2-12(19-11)8-16-10-3-5-17(6-4-10)9-13(15)18/h1-2,10,16H,3-6,8-9H2,(H2,15,18). The molecule has 1 aliphatic rings. The number of hydrogen-bond acceptors (Lipinski definition) is 5. The van der Waals surface area contributed by atoms with Crippen molar-refractivity contribution in [2.75, 3.05) is 19.6 Å². The van der Waals surface area contributed by atoms with Gasteiger partial charge in [-0.15, -0.1) is 0 Å². The molecule has 0 atom stereocenters. The maximum atomic E-state index is 10.8. The van der Waals surface area contributed by atoms with E-state index >= 15 is 0 Å². The maximum absolute atomic E-state index is 10.8. The molecule has 102 valence electrons. The Morgan fingerprint density at radius 2 is 2.26 bits per heavy atom. The van der Waals surface area contributed by atoms with E-state index in [1.165, 1.54) is 0 Å². The predicted molar refractivity (Wildman–Crippen MR) is 68.9 cm³/mol. The second-order valence-electron chi connectivity index (χ2n) is 4.78. The first-order chi connectivity index (χ1) is 9.17. The van der Waals surface area contributed by atoms with Gasteiger partial charge in [0.05, 0.1) is 13.1 Å². The van der Waals surface area contributed by atoms with Crippen molar-refractivity contribution in [3.05, 3.63) is 23.7 Å². The molecule has 1 amide bonds. The van der Waals surface area contributed by atoms with Gasteiger partial charge in [0.25, 0.3) is 0 Å². The molecule has 3 N–H and O–H groups in total. The lowest BCUT2D eigenvalue weighted by molar-refractivity contribution is -0.119. The van der Waals surface area contributed by atoms with E-state index < -0.39 is 0 Å². The van der Waals surface area contributed by atoms with Gasteiger partial charge in [0.1, 0.15) is 11.8 Å². The zero-order chi connectivity index (χ0) is 13.7. The van der Waals surface area contributed by atoms with Crippen LogP contribution in [0, 0.1) is 11.3 Å². The smallest absolute Gasteiger partial charge is 0.231 e. The Hall–Kier alpha value is -1.84. The normalized spacial score (nSPS) is 17.2. The first-order valence-electron chi connectivity index (χ1n) is 6.40. The summed E-state index contributed by atoms with van der Waals surface area (Å²) in [6, 6.07) is 5.87. The highest BCUT2D eigenvalue weighted by atomic mass is 16.3. The van der Waals surface area contributed by atoms with E-state index in [9.17, 15) is 4.79 Å². The molecule has 1 aromatic rings. The molecule has 19 heavy (non-hydrogen) atoms. The summed E-state index contributed by atoms with van der Waals surface area (Å²) >= 11 is 0. The van der Waals surface area contributed by atoms with Crippen LogP contribution < -0.4 is 11.1 Å². The van der Waals surface area contributed by atoms with Gasteiger partial charge in [-0.1, -0.05) is 0 Å². The number of nitrogens with zero attached hydrogens (tertiary/aromatic N) is 2. The number of nitriles is 1. The fraction of sp³-hybridized carbons (Fsp3) is 0.538. The molecule has 0 aromatic carbocycles. The van der Waals surface area contributed by atoms with Crippen LogP contribution in [0.2, 0.25) is 0 Å². The predicted octanol–water partition coefficient (Wildman–Crippen LogP) is 0.191. The number of nitrogens with one attached hydrogen (secondary N) is 1.